The van der Waals surface area contributed by atoms with Gasteiger partial charge in [0.05, 0.1) is 7.11 Å². The smallest absolute Gasteiger partial charge is 0.121 e. The molecule has 1 aromatic carbocycles. The molecule has 1 aliphatic heterocycles. The quantitative estimate of drug-likeness (QED) is 0.897. The molecule has 1 N–H and O–H groups in total. The summed E-state index contributed by atoms with van der Waals surface area (Å²) in [5.74, 6) is 1.85. The highest BCUT2D eigenvalue weighted by molar-refractivity contribution is 5.85. The van der Waals surface area contributed by atoms with Crippen LogP contribution in [0, 0.1) is 12.8 Å². The fraction of sp³-hybridized carbons (Fsp3) is 0.571. The number of methoxy groups -OCH3 is 1. The highest BCUT2D eigenvalue weighted by Gasteiger charge is 2.13. The Bertz CT molecular complexity index is 348. The molecule has 0 amide bonds. The highest BCUT2D eigenvalue weighted by Crippen LogP contribution is 2.23. The Morgan fingerprint density at radius 2 is 2.00 bits per heavy atom. The van der Waals surface area contributed by atoms with Crippen molar-refractivity contribution in [2.24, 2.45) is 5.92 Å². The molecule has 96 valence electrons. The lowest BCUT2D eigenvalue weighted by Gasteiger charge is -2.22. The van der Waals surface area contributed by atoms with Crippen LogP contribution in [-0.2, 0) is 6.42 Å². The summed E-state index contributed by atoms with van der Waals surface area (Å²) < 4.78 is 5.28. The molecule has 0 unspecified atom stereocenters. The second kappa shape index (κ2) is 6.87. The van der Waals surface area contributed by atoms with Crippen molar-refractivity contribution >= 4 is 12.4 Å². The predicted octanol–water partition coefficient (Wildman–Crippen LogP) is 2.97. The number of ether oxygens (including phenoxy) is 1. The van der Waals surface area contributed by atoms with Gasteiger partial charge in [-0.15, -0.1) is 12.4 Å². The van der Waals surface area contributed by atoms with Crippen molar-refractivity contribution in [1.82, 2.24) is 5.32 Å². The van der Waals surface area contributed by atoms with Crippen LogP contribution in [0.2, 0.25) is 0 Å². The van der Waals surface area contributed by atoms with Crippen LogP contribution in [0.25, 0.3) is 0 Å². The molecule has 1 saturated heterocycles. The molecule has 1 heterocycles. The average Bonchev–Trinajstić information content (AvgIpc) is 2.31. The van der Waals surface area contributed by atoms with Crippen molar-refractivity contribution in [2.45, 2.75) is 26.2 Å². The Morgan fingerprint density at radius 1 is 1.29 bits per heavy atom. The molecule has 17 heavy (non-hydrogen) atoms. The predicted molar refractivity (Wildman–Crippen MR) is 74.3 cm³/mol. The minimum absolute atomic E-state index is 0. The molecule has 0 atom stereocenters. The summed E-state index contributed by atoms with van der Waals surface area (Å²) in [6.45, 7) is 4.48. The fourth-order valence-electron chi connectivity index (χ4n) is 2.49. The SMILES string of the molecule is COc1ccc(CC2CCNCC2)cc1C.Cl. The maximum atomic E-state index is 5.28. The molecule has 2 rings (SSSR count). The van der Waals surface area contributed by atoms with Crippen LogP contribution in [0.4, 0.5) is 0 Å². The molecule has 1 aliphatic rings. The van der Waals surface area contributed by atoms with E-state index in [2.05, 4.69) is 30.4 Å². The van der Waals surface area contributed by atoms with Gasteiger partial charge in [-0.05, 0) is 62.4 Å². The Labute approximate surface area is 110 Å². The van der Waals surface area contributed by atoms with Gasteiger partial charge in [-0.2, -0.15) is 0 Å². The fourth-order valence-corrected chi connectivity index (χ4v) is 2.49. The number of hydrogen-bond donors (Lipinski definition) is 1. The van der Waals surface area contributed by atoms with Gasteiger partial charge >= 0.3 is 0 Å². The monoisotopic (exact) mass is 255 g/mol. The molecule has 0 saturated carbocycles. The summed E-state index contributed by atoms with van der Waals surface area (Å²) >= 11 is 0. The van der Waals surface area contributed by atoms with Gasteiger partial charge in [0, 0.05) is 0 Å². The first kappa shape index (κ1) is 14.3. The summed E-state index contributed by atoms with van der Waals surface area (Å²) in [7, 11) is 1.73. The molecule has 0 spiro atoms. The number of nitrogens with one attached hydrogen (secondary N) is 1. The van der Waals surface area contributed by atoms with E-state index in [9.17, 15) is 0 Å². The third-order valence-corrected chi connectivity index (χ3v) is 3.44. The van der Waals surface area contributed by atoms with Gasteiger partial charge in [0.25, 0.3) is 0 Å². The molecule has 0 radical (unpaired) electrons. The van der Waals surface area contributed by atoms with Crippen molar-refractivity contribution in [2.75, 3.05) is 20.2 Å². The third-order valence-electron chi connectivity index (χ3n) is 3.44. The van der Waals surface area contributed by atoms with E-state index in [0.717, 1.165) is 11.7 Å². The number of hydrogen-bond acceptors (Lipinski definition) is 2. The van der Waals surface area contributed by atoms with Crippen LogP contribution in [0.3, 0.4) is 0 Å². The zero-order valence-electron chi connectivity index (χ0n) is 10.7. The van der Waals surface area contributed by atoms with E-state index in [0.29, 0.717) is 0 Å². The lowest BCUT2D eigenvalue weighted by molar-refractivity contribution is 0.372. The lowest BCUT2D eigenvalue weighted by Crippen LogP contribution is -2.28. The van der Waals surface area contributed by atoms with Gasteiger partial charge in [0.15, 0.2) is 0 Å². The first-order chi connectivity index (χ1) is 7.79. The molecule has 2 nitrogen and oxygen atoms in total. The summed E-state index contributed by atoms with van der Waals surface area (Å²) in [5, 5.41) is 3.41. The minimum atomic E-state index is 0. The van der Waals surface area contributed by atoms with Crippen LogP contribution < -0.4 is 10.1 Å². The van der Waals surface area contributed by atoms with E-state index in [1.54, 1.807) is 7.11 Å². The summed E-state index contributed by atoms with van der Waals surface area (Å²) in [5.41, 5.74) is 2.69. The first-order valence-electron chi connectivity index (χ1n) is 6.14. The number of aryl methyl sites for hydroxylation is 1. The number of benzene rings is 1. The Morgan fingerprint density at radius 3 is 2.59 bits per heavy atom. The second-order valence-corrected chi connectivity index (χ2v) is 4.70. The molecular formula is C14H22ClNO. The van der Waals surface area contributed by atoms with Gasteiger partial charge < -0.3 is 10.1 Å². The van der Waals surface area contributed by atoms with E-state index in [1.807, 2.05) is 0 Å². The molecular weight excluding hydrogens is 234 g/mol. The molecule has 0 aromatic heterocycles. The zero-order chi connectivity index (χ0) is 11.4. The van der Waals surface area contributed by atoms with Crippen molar-refractivity contribution in [1.29, 1.82) is 0 Å². The zero-order valence-corrected chi connectivity index (χ0v) is 11.5. The standard InChI is InChI=1S/C14H21NO.ClH/c1-11-9-13(3-4-14(11)16-2)10-12-5-7-15-8-6-12;/h3-4,9,12,15H,5-8,10H2,1-2H3;1H. The lowest BCUT2D eigenvalue weighted by atomic mass is 9.90. The molecule has 1 fully saturated rings. The van der Waals surface area contributed by atoms with Crippen molar-refractivity contribution < 1.29 is 4.74 Å². The van der Waals surface area contributed by atoms with E-state index in [4.69, 9.17) is 4.74 Å². The van der Waals surface area contributed by atoms with Gasteiger partial charge in [-0.25, -0.2) is 0 Å². The molecule has 3 heteroatoms. The van der Waals surface area contributed by atoms with Crippen LogP contribution in [0.5, 0.6) is 5.75 Å². The average molecular weight is 256 g/mol. The summed E-state index contributed by atoms with van der Waals surface area (Å²) in [6, 6.07) is 6.56. The van der Waals surface area contributed by atoms with Crippen LogP contribution in [-0.4, -0.2) is 20.2 Å². The van der Waals surface area contributed by atoms with Gasteiger partial charge in [-0.1, -0.05) is 12.1 Å². The highest BCUT2D eigenvalue weighted by atomic mass is 35.5. The Balaban J connectivity index is 0.00000144. The van der Waals surface area contributed by atoms with E-state index < -0.39 is 0 Å². The summed E-state index contributed by atoms with van der Waals surface area (Å²) in [6.07, 6.45) is 3.84. The van der Waals surface area contributed by atoms with Gasteiger partial charge in [-0.3, -0.25) is 0 Å². The van der Waals surface area contributed by atoms with E-state index in [1.165, 1.54) is 43.5 Å². The van der Waals surface area contributed by atoms with Crippen molar-refractivity contribution in [3.8, 4) is 5.75 Å². The first-order valence-corrected chi connectivity index (χ1v) is 6.14. The number of rotatable bonds is 3. The topological polar surface area (TPSA) is 21.3 Å². The van der Waals surface area contributed by atoms with Crippen LogP contribution >= 0.6 is 12.4 Å². The van der Waals surface area contributed by atoms with Crippen LogP contribution in [0.1, 0.15) is 24.0 Å². The Kier molecular flexibility index (Phi) is 5.79. The largest absolute Gasteiger partial charge is 0.496 e. The van der Waals surface area contributed by atoms with Gasteiger partial charge in [0.2, 0.25) is 0 Å². The second-order valence-electron chi connectivity index (χ2n) is 4.70. The van der Waals surface area contributed by atoms with Gasteiger partial charge in [0.1, 0.15) is 5.75 Å². The van der Waals surface area contributed by atoms with Crippen molar-refractivity contribution in [3.05, 3.63) is 29.3 Å². The maximum absolute atomic E-state index is 5.28. The molecule has 0 bridgehead atoms. The van der Waals surface area contributed by atoms with Crippen molar-refractivity contribution in [3.63, 3.8) is 0 Å². The van der Waals surface area contributed by atoms with Crippen LogP contribution in [0.15, 0.2) is 18.2 Å². The number of piperidine rings is 1. The summed E-state index contributed by atoms with van der Waals surface area (Å²) in [4.78, 5) is 0. The molecule has 1 aromatic rings. The third kappa shape index (κ3) is 3.90. The number of halogens is 1. The molecule has 0 aliphatic carbocycles. The van der Waals surface area contributed by atoms with E-state index in [-0.39, 0.29) is 12.4 Å². The normalized spacial score (nSPS) is 16.4. The Hall–Kier alpha value is -0.730. The van der Waals surface area contributed by atoms with E-state index >= 15 is 0 Å². The maximum Gasteiger partial charge on any atom is 0.121 e. The minimum Gasteiger partial charge on any atom is -0.496 e.